The van der Waals surface area contributed by atoms with E-state index in [9.17, 15) is 0 Å². The summed E-state index contributed by atoms with van der Waals surface area (Å²) in [6.45, 7) is 6.28. The lowest BCUT2D eigenvalue weighted by Crippen LogP contribution is -2.39. The van der Waals surface area contributed by atoms with Crippen LogP contribution in [0.2, 0.25) is 0 Å². The largest absolute Gasteiger partial charge is 0.373 e. The predicted molar refractivity (Wildman–Crippen MR) is 58.4 cm³/mol. The fraction of sp³-hybridized carbons (Fsp3) is 1.00. The smallest absolute Gasteiger partial charge is 0.0878 e. The first-order valence-corrected chi connectivity index (χ1v) is 5.33. The van der Waals surface area contributed by atoms with E-state index < -0.39 is 0 Å². The van der Waals surface area contributed by atoms with Crippen molar-refractivity contribution in [2.45, 2.75) is 32.1 Å². The molecule has 2 atom stereocenters. The van der Waals surface area contributed by atoms with E-state index in [4.69, 9.17) is 4.74 Å². The lowest BCUT2D eigenvalue weighted by atomic mass is 10.2. The molecule has 0 aliphatic carbocycles. The maximum absolute atomic E-state index is 5.78. The van der Waals surface area contributed by atoms with Gasteiger partial charge in [0, 0.05) is 42.0 Å². The Bertz CT molecular complexity index is 143. The van der Waals surface area contributed by atoms with Gasteiger partial charge >= 0.3 is 0 Å². The first-order chi connectivity index (χ1) is 5.63. The summed E-state index contributed by atoms with van der Waals surface area (Å²) < 4.78 is 8.05. The summed E-state index contributed by atoms with van der Waals surface area (Å²) in [4.78, 5) is 0. The molecule has 0 aromatic carbocycles. The molecule has 1 fully saturated rings. The molecule has 0 saturated carbocycles. The molecule has 1 N–H and O–H groups in total. The Labute approximate surface area is 88.3 Å². The molecule has 1 saturated heterocycles. The van der Waals surface area contributed by atoms with Crippen molar-refractivity contribution in [1.29, 1.82) is 0 Å². The summed E-state index contributed by atoms with van der Waals surface area (Å²) in [5.41, 5.74) is 0. The molecule has 12 heavy (non-hydrogen) atoms. The summed E-state index contributed by atoms with van der Waals surface area (Å²) in [5.74, 6) is 0. The van der Waals surface area contributed by atoms with Gasteiger partial charge in [0.2, 0.25) is 0 Å². The number of hydrogen-bond donors (Lipinski definition) is 1. The summed E-state index contributed by atoms with van der Waals surface area (Å²) in [6.07, 6.45) is 0.681. The fourth-order valence-electron chi connectivity index (χ4n) is 1.49. The van der Waals surface area contributed by atoms with Crippen LogP contribution in [-0.2, 0) is 4.74 Å². The lowest BCUT2D eigenvalue weighted by molar-refractivity contribution is 0.00562. The van der Waals surface area contributed by atoms with E-state index in [0.717, 1.165) is 13.1 Å². The first-order valence-electron chi connectivity index (χ1n) is 4.37. The third-order valence-corrected chi connectivity index (χ3v) is 2.83. The second-order valence-electron chi connectivity index (χ2n) is 3.45. The molecule has 0 spiro atoms. The van der Waals surface area contributed by atoms with Gasteiger partial charge in [0.25, 0.3) is 0 Å². The summed E-state index contributed by atoms with van der Waals surface area (Å²) in [5, 5.41) is 3.28. The Kier molecular flexibility index (Phi) is 4.22. The van der Waals surface area contributed by atoms with Gasteiger partial charge in [-0.15, -0.1) is 0 Å². The topological polar surface area (TPSA) is 24.5 Å². The maximum atomic E-state index is 5.78. The first kappa shape index (κ1) is 10.7. The van der Waals surface area contributed by atoms with Crippen LogP contribution in [0.15, 0.2) is 0 Å². The molecule has 2 unspecified atom stereocenters. The molecule has 0 amide bonds. The van der Waals surface area contributed by atoms with Gasteiger partial charge in [-0.1, -0.05) is 0 Å². The summed E-state index contributed by atoms with van der Waals surface area (Å²) in [7, 11) is 2.00. The summed E-state index contributed by atoms with van der Waals surface area (Å²) >= 11 is 2.35. The average Bonchev–Trinajstić information content (AvgIpc) is 2.29. The zero-order chi connectivity index (χ0) is 9.14. The van der Waals surface area contributed by atoms with Crippen LogP contribution in [0.3, 0.4) is 0 Å². The van der Waals surface area contributed by atoms with E-state index in [-0.39, 0.29) is 0 Å². The van der Waals surface area contributed by atoms with Crippen LogP contribution in [0.25, 0.3) is 0 Å². The highest BCUT2D eigenvalue weighted by Gasteiger charge is 2.31. The van der Waals surface area contributed by atoms with Gasteiger partial charge in [0.05, 0.1) is 12.2 Å². The minimum absolute atomic E-state index is 0.328. The Morgan fingerprint density at radius 1 is 1.50 bits per heavy atom. The van der Waals surface area contributed by atoms with Gasteiger partial charge in [0.15, 0.2) is 0 Å². The molecule has 1 rings (SSSR count). The Morgan fingerprint density at radius 3 is 2.67 bits per heavy atom. The van der Waals surface area contributed by atoms with Gasteiger partial charge in [0.1, 0.15) is 0 Å². The van der Waals surface area contributed by atoms with Crippen molar-refractivity contribution in [2.75, 3.05) is 20.1 Å². The van der Waals surface area contributed by atoms with E-state index in [2.05, 4.69) is 45.1 Å². The van der Waals surface area contributed by atoms with Crippen molar-refractivity contribution >= 4 is 22.9 Å². The van der Waals surface area contributed by atoms with Gasteiger partial charge in [-0.2, -0.15) is 0 Å². The summed E-state index contributed by atoms with van der Waals surface area (Å²) in [6, 6.07) is 0.490. The number of hydrogen-bond acceptors (Lipinski definition) is 3. The van der Waals surface area contributed by atoms with Crippen molar-refractivity contribution < 1.29 is 4.74 Å². The quantitative estimate of drug-likeness (QED) is 0.619. The minimum Gasteiger partial charge on any atom is -0.373 e. The van der Waals surface area contributed by atoms with Gasteiger partial charge in [-0.3, -0.25) is 0 Å². The van der Waals surface area contributed by atoms with Crippen molar-refractivity contribution in [3.8, 4) is 0 Å². The fourth-order valence-corrected chi connectivity index (χ4v) is 2.31. The number of halogens is 1. The maximum Gasteiger partial charge on any atom is 0.0878 e. The molecule has 72 valence electrons. The number of nitrogens with one attached hydrogen (secondary N) is 1. The van der Waals surface area contributed by atoms with Gasteiger partial charge in [-0.25, -0.2) is 3.11 Å². The number of ether oxygens (including phenoxy) is 1. The van der Waals surface area contributed by atoms with Gasteiger partial charge < -0.3 is 10.1 Å². The van der Waals surface area contributed by atoms with E-state index in [0.29, 0.717) is 18.2 Å². The predicted octanol–water partition coefficient (Wildman–Crippen LogP) is 1.03. The molecule has 0 radical (unpaired) electrons. The average molecular weight is 284 g/mol. The molecule has 1 aliphatic rings. The van der Waals surface area contributed by atoms with Crippen LogP contribution in [0.4, 0.5) is 0 Å². The molecular formula is C8H17IN2O. The van der Waals surface area contributed by atoms with E-state index >= 15 is 0 Å². The zero-order valence-corrected chi connectivity index (χ0v) is 10.0. The van der Waals surface area contributed by atoms with Crippen LogP contribution in [-0.4, -0.2) is 41.5 Å². The SMILES string of the molecule is CNC1CN(I)CC1OC(C)C. The van der Waals surface area contributed by atoms with E-state index in [1.54, 1.807) is 0 Å². The Morgan fingerprint density at radius 2 is 2.17 bits per heavy atom. The molecule has 4 heteroatoms. The lowest BCUT2D eigenvalue weighted by Gasteiger charge is -2.20. The molecule has 0 aromatic rings. The highest BCUT2D eigenvalue weighted by molar-refractivity contribution is 14.1. The Hall–Kier alpha value is 0.610. The molecular weight excluding hydrogens is 267 g/mol. The highest BCUT2D eigenvalue weighted by Crippen LogP contribution is 2.17. The third-order valence-electron chi connectivity index (χ3n) is 2.04. The monoisotopic (exact) mass is 284 g/mol. The van der Waals surface area contributed by atoms with E-state index in [1.807, 2.05) is 7.05 Å². The van der Waals surface area contributed by atoms with Crippen molar-refractivity contribution in [2.24, 2.45) is 0 Å². The number of rotatable bonds is 3. The zero-order valence-electron chi connectivity index (χ0n) is 7.88. The molecule has 3 nitrogen and oxygen atoms in total. The van der Waals surface area contributed by atoms with Crippen LogP contribution in [0.1, 0.15) is 13.8 Å². The van der Waals surface area contributed by atoms with Crippen molar-refractivity contribution in [3.05, 3.63) is 0 Å². The normalized spacial score (nSPS) is 31.8. The Balaban J connectivity index is 2.40. The molecule has 0 aromatic heterocycles. The van der Waals surface area contributed by atoms with Crippen LogP contribution < -0.4 is 5.32 Å². The molecule has 0 bridgehead atoms. The second kappa shape index (κ2) is 4.74. The van der Waals surface area contributed by atoms with Crippen molar-refractivity contribution in [1.82, 2.24) is 8.43 Å². The van der Waals surface area contributed by atoms with Crippen LogP contribution >= 0.6 is 22.9 Å². The number of likely N-dealkylation sites (N-methyl/N-ethyl adjacent to an activating group) is 1. The molecule has 1 heterocycles. The third kappa shape index (κ3) is 2.83. The van der Waals surface area contributed by atoms with E-state index in [1.165, 1.54) is 0 Å². The van der Waals surface area contributed by atoms with Crippen LogP contribution in [0, 0.1) is 0 Å². The minimum atomic E-state index is 0.328. The van der Waals surface area contributed by atoms with Gasteiger partial charge in [-0.05, 0) is 20.9 Å². The van der Waals surface area contributed by atoms with Crippen LogP contribution in [0.5, 0.6) is 0 Å². The molecule has 1 aliphatic heterocycles. The standard InChI is InChI=1S/C8H17IN2O/c1-6(2)12-8-5-11(9)4-7(8)10-3/h6-8,10H,4-5H2,1-3H3. The van der Waals surface area contributed by atoms with Crippen molar-refractivity contribution in [3.63, 3.8) is 0 Å². The highest BCUT2D eigenvalue weighted by atomic mass is 127. The number of nitrogens with zero attached hydrogens (tertiary/aromatic N) is 1. The second-order valence-corrected chi connectivity index (χ2v) is 4.81.